The van der Waals surface area contributed by atoms with Gasteiger partial charge in [0.05, 0.1) is 18.8 Å². The van der Waals surface area contributed by atoms with E-state index in [1.807, 2.05) is 0 Å². The second-order valence-electron chi connectivity index (χ2n) is 15.1. The van der Waals surface area contributed by atoms with Gasteiger partial charge < -0.3 is 15.3 Å². The lowest BCUT2D eigenvalue weighted by Gasteiger charge is -2.73. The molecular weight excluding hydrogens is 408 g/mol. The molecule has 5 aliphatic rings. The minimum absolute atomic E-state index is 0.0155. The molecule has 11 unspecified atom stereocenters. The van der Waals surface area contributed by atoms with Gasteiger partial charge in [0.25, 0.3) is 0 Å². The van der Waals surface area contributed by atoms with Gasteiger partial charge in [0.15, 0.2) is 0 Å². The Balaban J connectivity index is 1.57. The summed E-state index contributed by atoms with van der Waals surface area (Å²) >= 11 is 0. The van der Waals surface area contributed by atoms with E-state index in [9.17, 15) is 15.3 Å². The predicted molar refractivity (Wildman–Crippen MR) is 133 cm³/mol. The average Bonchev–Trinajstić information content (AvgIpc) is 3.13. The zero-order valence-electron chi connectivity index (χ0n) is 22.5. The van der Waals surface area contributed by atoms with Crippen LogP contribution in [0.15, 0.2) is 0 Å². The Bertz CT molecular complexity index is 777. The highest BCUT2D eigenvalue weighted by Gasteiger charge is 2.72. The van der Waals surface area contributed by atoms with Crippen molar-refractivity contribution in [3.8, 4) is 0 Å². The van der Waals surface area contributed by atoms with Gasteiger partial charge in [-0.1, -0.05) is 48.5 Å². The molecule has 0 aromatic carbocycles. The quantitative estimate of drug-likeness (QED) is 0.470. The summed E-state index contributed by atoms with van der Waals surface area (Å²) in [5.41, 5.74) is 0.308. The molecule has 5 aliphatic carbocycles. The molecule has 5 saturated carbocycles. The zero-order valence-corrected chi connectivity index (χ0v) is 22.5. The predicted octanol–water partition coefficient (Wildman–Crippen LogP) is 6.05. The van der Waals surface area contributed by atoms with Gasteiger partial charge in [0, 0.05) is 5.41 Å². The SMILES string of the molecule is CC(C)C1CCC2(CO)C(O)CC3(C)C(CCC4C5(C)CCC(O)C(C)(C)C5CCC43C)C12. The largest absolute Gasteiger partial charge is 0.396 e. The molecule has 0 heterocycles. The van der Waals surface area contributed by atoms with Crippen LogP contribution in [-0.2, 0) is 0 Å². The van der Waals surface area contributed by atoms with Crippen LogP contribution in [0.1, 0.15) is 106 Å². The van der Waals surface area contributed by atoms with Crippen molar-refractivity contribution < 1.29 is 15.3 Å². The molecule has 0 aromatic rings. The Kier molecular flexibility index (Phi) is 5.55. The first-order chi connectivity index (χ1) is 15.3. The number of rotatable bonds is 2. The second kappa shape index (κ2) is 7.45. The average molecular weight is 461 g/mol. The van der Waals surface area contributed by atoms with Crippen molar-refractivity contribution in [3.63, 3.8) is 0 Å². The summed E-state index contributed by atoms with van der Waals surface area (Å²) in [5, 5.41) is 33.4. The standard InChI is InChI=1S/C30H52O3/c1-18(2)19-10-15-30(17-31)24(33)16-29(7)20(25(19)30)8-9-22-27(5)13-12-23(32)26(3,4)21(27)11-14-28(22,29)6/h18-25,31-33H,8-17H2,1-7H3. The van der Waals surface area contributed by atoms with Gasteiger partial charge in [-0.05, 0) is 115 Å². The number of hydrogen-bond acceptors (Lipinski definition) is 3. The lowest BCUT2D eigenvalue weighted by molar-refractivity contribution is -0.268. The molecule has 5 fully saturated rings. The van der Waals surface area contributed by atoms with Crippen molar-refractivity contribution in [2.45, 2.75) is 118 Å². The highest BCUT2D eigenvalue weighted by molar-refractivity contribution is 5.21. The third-order valence-electron chi connectivity index (χ3n) is 13.8. The van der Waals surface area contributed by atoms with Crippen LogP contribution in [0.3, 0.4) is 0 Å². The van der Waals surface area contributed by atoms with E-state index in [4.69, 9.17) is 0 Å². The lowest BCUT2D eigenvalue weighted by atomic mass is 9.32. The maximum absolute atomic E-state index is 11.8. The van der Waals surface area contributed by atoms with Crippen molar-refractivity contribution in [3.05, 3.63) is 0 Å². The van der Waals surface area contributed by atoms with Crippen LogP contribution in [0.5, 0.6) is 0 Å². The number of fused-ring (bicyclic) bond motifs is 7. The monoisotopic (exact) mass is 460 g/mol. The van der Waals surface area contributed by atoms with Gasteiger partial charge in [-0.2, -0.15) is 0 Å². The first-order valence-electron chi connectivity index (χ1n) is 14.3. The van der Waals surface area contributed by atoms with Gasteiger partial charge in [-0.3, -0.25) is 0 Å². The summed E-state index contributed by atoms with van der Waals surface area (Å²) in [6, 6.07) is 0. The molecule has 0 spiro atoms. The molecule has 3 nitrogen and oxygen atoms in total. The Morgan fingerprint density at radius 2 is 1.45 bits per heavy atom. The summed E-state index contributed by atoms with van der Waals surface area (Å²) in [5.74, 6) is 3.51. The van der Waals surface area contributed by atoms with E-state index in [-0.39, 0.29) is 45.9 Å². The Morgan fingerprint density at radius 3 is 2.09 bits per heavy atom. The van der Waals surface area contributed by atoms with Crippen LogP contribution in [0, 0.1) is 62.6 Å². The van der Waals surface area contributed by atoms with E-state index >= 15 is 0 Å². The van der Waals surface area contributed by atoms with E-state index < -0.39 is 0 Å². The van der Waals surface area contributed by atoms with Crippen molar-refractivity contribution in [2.24, 2.45) is 62.6 Å². The van der Waals surface area contributed by atoms with Crippen LogP contribution < -0.4 is 0 Å². The van der Waals surface area contributed by atoms with Crippen LogP contribution in [0.2, 0.25) is 0 Å². The zero-order chi connectivity index (χ0) is 24.2. The molecule has 3 heteroatoms. The third kappa shape index (κ3) is 2.85. The maximum Gasteiger partial charge on any atom is 0.0626 e. The normalized spacial score (nSPS) is 57.7. The van der Waals surface area contributed by atoms with E-state index in [2.05, 4.69) is 48.5 Å². The number of aliphatic hydroxyl groups excluding tert-OH is 3. The fourth-order valence-corrected chi connectivity index (χ4v) is 11.9. The summed E-state index contributed by atoms with van der Waals surface area (Å²) in [6.45, 7) is 17.2. The van der Waals surface area contributed by atoms with Crippen molar-refractivity contribution >= 4 is 0 Å². The second-order valence-corrected chi connectivity index (χ2v) is 15.1. The fourth-order valence-electron chi connectivity index (χ4n) is 11.9. The minimum Gasteiger partial charge on any atom is -0.396 e. The van der Waals surface area contributed by atoms with E-state index in [0.29, 0.717) is 35.5 Å². The molecule has 0 aromatic heterocycles. The Hall–Kier alpha value is -0.120. The molecule has 190 valence electrons. The summed E-state index contributed by atoms with van der Waals surface area (Å²) < 4.78 is 0. The third-order valence-corrected chi connectivity index (χ3v) is 13.8. The summed E-state index contributed by atoms with van der Waals surface area (Å²) in [4.78, 5) is 0. The number of hydrogen-bond donors (Lipinski definition) is 3. The van der Waals surface area contributed by atoms with Gasteiger partial charge in [0.1, 0.15) is 0 Å². The Labute approximate surface area is 203 Å². The molecule has 0 aliphatic heterocycles. The topological polar surface area (TPSA) is 60.7 Å². The first-order valence-corrected chi connectivity index (χ1v) is 14.3. The molecule has 0 radical (unpaired) electrons. The van der Waals surface area contributed by atoms with Gasteiger partial charge in [-0.15, -0.1) is 0 Å². The molecule has 33 heavy (non-hydrogen) atoms. The maximum atomic E-state index is 11.8. The fraction of sp³-hybridized carbons (Fsp3) is 1.00. The minimum atomic E-state index is -0.386. The van der Waals surface area contributed by atoms with Crippen molar-refractivity contribution in [2.75, 3.05) is 6.61 Å². The van der Waals surface area contributed by atoms with Crippen LogP contribution in [0.4, 0.5) is 0 Å². The molecule has 11 atom stereocenters. The van der Waals surface area contributed by atoms with E-state index in [0.717, 1.165) is 25.7 Å². The molecular formula is C30H52O3. The van der Waals surface area contributed by atoms with Crippen molar-refractivity contribution in [1.29, 1.82) is 0 Å². The Morgan fingerprint density at radius 1 is 0.758 bits per heavy atom. The van der Waals surface area contributed by atoms with Crippen molar-refractivity contribution in [1.82, 2.24) is 0 Å². The van der Waals surface area contributed by atoms with E-state index in [1.165, 1.54) is 32.1 Å². The summed E-state index contributed by atoms with van der Waals surface area (Å²) in [7, 11) is 0. The highest BCUT2D eigenvalue weighted by Crippen LogP contribution is 2.77. The van der Waals surface area contributed by atoms with Gasteiger partial charge >= 0.3 is 0 Å². The molecule has 5 rings (SSSR count). The van der Waals surface area contributed by atoms with Crippen LogP contribution in [-0.4, -0.2) is 34.1 Å². The molecule has 0 saturated heterocycles. The smallest absolute Gasteiger partial charge is 0.0626 e. The van der Waals surface area contributed by atoms with Crippen LogP contribution in [0.25, 0.3) is 0 Å². The van der Waals surface area contributed by atoms with Crippen LogP contribution >= 0.6 is 0 Å². The summed E-state index contributed by atoms with van der Waals surface area (Å²) in [6.07, 6.45) is 9.50. The highest BCUT2D eigenvalue weighted by atomic mass is 16.3. The number of aliphatic hydroxyl groups is 3. The van der Waals surface area contributed by atoms with Gasteiger partial charge in [0.2, 0.25) is 0 Å². The van der Waals surface area contributed by atoms with Gasteiger partial charge in [-0.25, -0.2) is 0 Å². The molecule has 0 bridgehead atoms. The lowest BCUT2D eigenvalue weighted by Crippen LogP contribution is -2.68. The van der Waals surface area contributed by atoms with E-state index in [1.54, 1.807) is 0 Å². The first kappa shape index (κ1) is 24.6. The molecule has 0 amide bonds. The molecule has 3 N–H and O–H groups in total.